The first-order valence-electron chi connectivity index (χ1n) is 8.98. The van der Waals surface area contributed by atoms with E-state index in [-0.39, 0.29) is 29.9 Å². The second-order valence-electron chi connectivity index (χ2n) is 7.04. The van der Waals surface area contributed by atoms with Gasteiger partial charge in [-0.25, -0.2) is 8.42 Å². The van der Waals surface area contributed by atoms with Crippen LogP contribution in [0.15, 0.2) is 17.0 Å². The predicted octanol–water partition coefficient (Wildman–Crippen LogP) is 0.797. The average molecular weight is 396 g/mol. The summed E-state index contributed by atoms with van der Waals surface area (Å²) in [4.78, 5) is 24.4. The lowest BCUT2D eigenvalue weighted by Crippen LogP contribution is -2.57. The Labute approximate surface area is 158 Å². The number of sulfonamides is 1. The van der Waals surface area contributed by atoms with Crippen LogP contribution >= 0.6 is 0 Å². The zero-order chi connectivity index (χ0) is 19.8. The SMILES string of the molecule is Cc1ccc([N+](=O)[O-])c(S(=O)(=O)N2CCCC(N3CCNCC3=O)C2)c1C. The van der Waals surface area contributed by atoms with Crippen LogP contribution in [0, 0.1) is 24.0 Å². The van der Waals surface area contributed by atoms with Crippen LogP contribution in [0.1, 0.15) is 24.0 Å². The number of benzene rings is 1. The number of amides is 1. The van der Waals surface area contributed by atoms with E-state index in [1.165, 1.54) is 10.4 Å². The van der Waals surface area contributed by atoms with Crippen LogP contribution in [0.2, 0.25) is 0 Å². The van der Waals surface area contributed by atoms with E-state index in [0.29, 0.717) is 37.2 Å². The quantitative estimate of drug-likeness (QED) is 0.595. The molecule has 10 heteroatoms. The van der Waals surface area contributed by atoms with E-state index in [2.05, 4.69) is 5.32 Å². The van der Waals surface area contributed by atoms with E-state index in [0.717, 1.165) is 6.42 Å². The monoisotopic (exact) mass is 396 g/mol. The molecule has 9 nitrogen and oxygen atoms in total. The number of piperidine rings is 1. The molecule has 0 radical (unpaired) electrons. The molecule has 2 saturated heterocycles. The van der Waals surface area contributed by atoms with Gasteiger partial charge in [0.2, 0.25) is 15.9 Å². The van der Waals surface area contributed by atoms with Crippen molar-refractivity contribution < 1.29 is 18.1 Å². The van der Waals surface area contributed by atoms with Crippen LogP contribution in [0.3, 0.4) is 0 Å². The highest BCUT2D eigenvalue weighted by Gasteiger charge is 2.39. The Bertz CT molecular complexity index is 870. The number of carbonyl (C=O) groups is 1. The van der Waals surface area contributed by atoms with Crippen LogP contribution in [0.25, 0.3) is 0 Å². The van der Waals surface area contributed by atoms with Crippen molar-refractivity contribution in [3.63, 3.8) is 0 Å². The van der Waals surface area contributed by atoms with Crippen molar-refractivity contribution in [2.24, 2.45) is 0 Å². The van der Waals surface area contributed by atoms with E-state index in [9.17, 15) is 23.3 Å². The number of nitrogens with zero attached hydrogens (tertiary/aromatic N) is 3. The molecule has 2 aliphatic heterocycles. The first-order valence-corrected chi connectivity index (χ1v) is 10.4. The zero-order valence-electron chi connectivity index (χ0n) is 15.5. The zero-order valence-corrected chi connectivity index (χ0v) is 16.3. The highest BCUT2D eigenvalue weighted by atomic mass is 32.2. The molecule has 1 amide bonds. The predicted molar refractivity (Wildman–Crippen MR) is 98.9 cm³/mol. The highest BCUT2D eigenvalue weighted by Crippen LogP contribution is 2.33. The number of hydrogen-bond donors (Lipinski definition) is 1. The van der Waals surface area contributed by atoms with Crippen molar-refractivity contribution in [3.05, 3.63) is 33.4 Å². The van der Waals surface area contributed by atoms with Crippen molar-refractivity contribution in [1.82, 2.24) is 14.5 Å². The third-order valence-corrected chi connectivity index (χ3v) is 7.42. The molecule has 1 aromatic rings. The lowest BCUT2D eigenvalue weighted by atomic mass is 10.1. The molecule has 2 fully saturated rings. The Morgan fingerprint density at radius 1 is 1.26 bits per heavy atom. The topological polar surface area (TPSA) is 113 Å². The van der Waals surface area contributed by atoms with Crippen LogP contribution in [-0.2, 0) is 14.8 Å². The van der Waals surface area contributed by atoms with Gasteiger partial charge >= 0.3 is 0 Å². The maximum absolute atomic E-state index is 13.3. The summed E-state index contributed by atoms with van der Waals surface area (Å²) in [5.41, 5.74) is 0.674. The van der Waals surface area contributed by atoms with E-state index in [1.54, 1.807) is 24.8 Å². The molecule has 0 aliphatic carbocycles. The van der Waals surface area contributed by atoms with Crippen molar-refractivity contribution in [2.45, 2.75) is 37.6 Å². The molecule has 3 rings (SSSR count). The number of nitro benzene ring substituents is 1. The molecule has 1 atom stereocenters. The van der Waals surface area contributed by atoms with Crippen molar-refractivity contribution >= 4 is 21.6 Å². The van der Waals surface area contributed by atoms with E-state index in [1.807, 2.05) is 0 Å². The number of hydrogen-bond acceptors (Lipinski definition) is 6. The molecule has 0 spiro atoms. The third-order valence-electron chi connectivity index (χ3n) is 5.38. The van der Waals surface area contributed by atoms with Gasteiger partial charge in [-0.3, -0.25) is 14.9 Å². The molecular weight excluding hydrogens is 372 g/mol. The van der Waals surface area contributed by atoms with E-state index in [4.69, 9.17) is 0 Å². The molecular formula is C17H24N4O5S. The van der Waals surface area contributed by atoms with Gasteiger partial charge in [-0.05, 0) is 37.8 Å². The van der Waals surface area contributed by atoms with Gasteiger partial charge in [0.05, 0.1) is 11.5 Å². The lowest BCUT2D eigenvalue weighted by Gasteiger charge is -2.40. The van der Waals surface area contributed by atoms with Crippen LogP contribution < -0.4 is 5.32 Å². The van der Waals surface area contributed by atoms with Gasteiger partial charge in [-0.1, -0.05) is 6.07 Å². The summed E-state index contributed by atoms with van der Waals surface area (Å²) in [6.45, 7) is 5.26. The third kappa shape index (κ3) is 3.69. The number of carbonyl (C=O) groups excluding carboxylic acids is 1. The van der Waals surface area contributed by atoms with Crippen LogP contribution in [0.4, 0.5) is 5.69 Å². The highest BCUT2D eigenvalue weighted by molar-refractivity contribution is 7.89. The van der Waals surface area contributed by atoms with Crippen molar-refractivity contribution in [1.29, 1.82) is 0 Å². The second-order valence-corrected chi connectivity index (χ2v) is 8.91. The number of nitro groups is 1. The van der Waals surface area contributed by atoms with Crippen LogP contribution in [-0.4, -0.2) is 67.2 Å². The summed E-state index contributed by atoms with van der Waals surface area (Å²) in [7, 11) is -4.04. The Morgan fingerprint density at radius 2 is 2.00 bits per heavy atom. The fraction of sp³-hybridized carbons (Fsp3) is 0.588. The first-order chi connectivity index (χ1) is 12.7. The molecule has 2 heterocycles. The maximum Gasteiger partial charge on any atom is 0.289 e. The number of piperazine rings is 1. The molecule has 0 saturated carbocycles. The largest absolute Gasteiger partial charge is 0.336 e. The Kier molecular flexibility index (Phi) is 5.50. The molecule has 1 aromatic carbocycles. The molecule has 148 valence electrons. The van der Waals surface area contributed by atoms with Gasteiger partial charge in [0.25, 0.3) is 5.69 Å². The van der Waals surface area contributed by atoms with Crippen LogP contribution in [0.5, 0.6) is 0 Å². The molecule has 0 bridgehead atoms. The molecule has 1 unspecified atom stereocenters. The summed E-state index contributed by atoms with van der Waals surface area (Å²) in [6, 6.07) is 2.61. The number of rotatable bonds is 4. The Hall–Kier alpha value is -2.04. The van der Waals surface area contributed by atoms with Gasteiger partial charge < -0.3 is 10.2 Å². The minimum Gasteiger partial charge on any atom is -0.336 e. The molecule has 1 N–H and O–H groups in total. The molecule has 2 aliphatic rings. The number of nitrogens with one attached hydrogen (secondary N) is 1. The summed E-state index contributed by atoms with van der Waals surface area (Å²) < 4.78 is 27.9. The van der Waals surface area contributed by atoms with E-state index < -0.39 is 20.6 Å². The van der Waals surface area contributed by atoms with Gasteiger partial charge in [-0.2, -0.15) is 4.31 Å². The normalized spacial score (nSPS) is 22.1. The van der Waals surface area contributed by atoms with Gasteiger partial charge in [0.15, 0.2) is 4.90 Å². The fourth-order valence-corrected chi connectivity index (χ4v) is 5.73. The van der Waals surface area contributed by atoms with Gasteiger partial charge in [-0.15, -0.1) is 0 Å². The summed E-state index contributed by atoms with van der Waals surface area (Å²) in [5, 5.41) is 14.4. The average Bonchev–Trinajstić information content (AvgIpc) is 2.64. The Morgan fingerprint density at radius 3 is 2.67 bits per heavy atom. The van der Waals surface area contributed by atoms with Crippen molar-refractivity contribution in [2.75, 3.05) is 32.7 Å². The maximum atomic E-state index is 13.3. The summed E-state index contributed by atoms with van der Waals surface area (Å²) in [5.74, 6) is -0.0387. The van der Waals surface area contributed by atoms with Gasteiger partial charge in [0.1, 0.15) is 0 Å². The molecule has 27 heavy (non-hydrogen) atoms. The number of aryl methyl sites for hydroxylation is 1. The smallest absolute Gasteiger partial charge is 0.289 e. The van der Waals surface area contributed by atoms with Crippen molar-refractivity contribution in [3.8, 4) is 0 Å². The fourth-order valence-electron chi connectivity index (χ4n) is 3.78. The first kappa shape index (κ1) is 19.7. The van der Waals surface area contributed by atoms with Gasteiger partial charge in [0, 0.05) is 38.3 Å². The Balaban J connectivity index is 1.94. The summed E-state index contributed by atoms with van der Waals surface area (Å²) in [6.07, 6.45) is 1.34. The minimum absolute atomic E-state index is 0.0387. The minimum atomic E-state index is -4.04. The molecule has 0 aromatic heterocycles. The van der Waals surface area contributed by atoms with E-state index >= 15 is 0 Å². The summed E-state index contributed by atoms with van der Waals surface area (Å²) >= 11 is 0. The lowest BCUT2D eigenvalue weighted by molar-refractivity contribution is -0.388. The standard InChI is InChI=1S/C17H24N4O5S/c1-12-5-6-15(21(23)24)17(13(12)2)27(25,26)19-8-3-4-14(11-19)20-9-7-18-10-16(20)22/h5-6,14,18H,3-4,7-11H2,1-2H3. The second kappa shape index (κ2) is 7.53.